The second-order valence-corrected chi connectivity index (χ2v) is 10.4. The molecule has 1 radical (unpaired) electrons. The van der Waals surface area contributed by atoms with Gasteiger partial charge >= 0.3 is 0 Å². The minimum atomic E-state index is -2.30. The van der Waals surface area contributed by atoms with Gasteiger partial charge in [-0.15, -0.1) is 0 Å². The van der Waals surface area contributed by atoms with Crippen LogP contribution in [0.3, 0.4) is 0 Å². The topological polar surface area (TPSA) is 0 Å². The molecule has 0 aliphatic rings. The fraction of sp³-hybridized carbons (Fsp3) is 0.417. The van der Waals surface area contributed by atoms with Gasteiger partial charge in [-0.25, -0.2) is 0 Å². The van der Waals surface area contributed by atoms with E-state index in [0.717, 1.165) is 0 Å². The van der Waals surface area contributed by atoms with Crippen LogP contribution >= 0.6 is 104 Å². The Morgan fingerprint density at radius 1 is 0.762 bits per heavy atom. The van der Waals surface area contributed by atoms with E-state index in [-0.39, 0.29) is 0 Å². The van der Waals surface area contributed by atoms with Gasteiger partial charge in [-0.2, -0.15) is 0 Å². The summed E-state index contributed by atoms with van der Waals surface area (Å²) in [7, 11) is 0. The van der Waals surface area contributed by atoms with E-state index >= 15 is 0 Å². The molecule has 21 heavy (non-hydrogen) atoms. The molecule has 0 aromatic heterocycles. The third kappa shape index (κ3) is 3.75. The summed E-state index contributed by atoms with van der Waals surface area (Å²) in [6, 6.07) is 6.84. The minimum Gasteiger partial charge on any atom is -0.0943 e. The maximum absolute atomic E-state index is 6.36. The van der Waals surface area contributed by atoms with Crippen LogP contribution in [0.4, 0.5) is 0 Å². The van der Waals surface area contributed by atoms with Crippen LogP contribution in [0.2, 0.25) is 0 Å². The predicted octanol–water partition coefficient (Wildman–Crippen LogP) is 7.41. The molecule has 1 aromatic rings. The summed E-state index contributed by atoms with van der Waals surface area (Å²) in [6.45, 7) is 3.78. The fourth-order valence-corrected chi connectivity index (χ4v) is 3.92. The number of alkyl halides is 9. The van der Waals surface area contributed by atoms with Gasteiger partial charge in [0.05, 0.1) is 0 Å². The van der Waals surface area contributed by atoms with E-state index in [2.05, 4.69) is 6.92 Å². The number of hydrogen-bond acceptors (Lipinski definition) is 0. The van der Waals surface area contributed by atoms with E-state index in [1.54, 1.807) is 24.3 Å². The van der Waals surface area contributed by atoms with E-state index < -0.39 is 16.8 Å². The van der Waals surface area contributed by atoms with Crippen LogP contribution in [0.15, 0.2) is 24.3 Å². The van der Waals surface area contributed by atoms with Crippen LogP contribution in [-0.2, 0) is 10.8 Å². The Labute approximate surface area is 168 Å². The third-order valence-corrected chi connectivity index (χ3v) is 8.22. The van der Waals surface area contributed by atoms with Crippen molar-refractivity contribution in [2.75, 3.05) is 0 Å². The summed E-state index contributed by atoms with van der Waals surface area (Å²) in [5, 5.41) is 0. The molecule has 0 spiro atoms. The van der Waals surface area contributed by atoms with Crippen molar-refractivity contribution < 1.29 is 0 Å². The second kappa shape index (κ2) is 6.98. The Kier molecular flexibility index (Phi) is 6.94. The van der Waals surface area contributed by atoms with E-state index in [9.17, 15) is 0 Å². The lowest BCUT2D eigenvalue weighted by molar-refractivity contribution is 0.597. The van der Waals surface area contributed by atoms with Gasteiger partial charge in [0.15, 0.2) is 8.67 Å². The molecule has 0 amide bonds. The molecule has 0 aliphatic carbocycles. The largest absolute Gasteiger partial charge is 0.226 e. The Balaban J connectivity index is 3.47. The van der Waals surface area contributed by atoms with Crippen LogP contribution in [-0.4, -0.2) is 12.5 Å². The average molecular weight is 471 g/mol. The molecule has 1 rings (SSSR count). The molecule has 0 fully saturated rings. The number of benzene rings is 1. The first-order chi connectivity index (χ1) is 9.30. The smallest absolute Gasteiger partial charge is 0.0943 e. The predicted molar refractivity (Wildman–Crippen MR) is 98.1 cm³/mol. The van der Waals surface area contributed by atoms with E-state index in [0.29, 0.717) is 17.5 Å². The first-order valence-corrected chi connectivity index (χ1v) is 8.78. The second-order valence-electron chi connectivity index (χ2n) is 4.13. The third-order valence-electron chi connectivity index (χ3n) is 2.77. The van der Waals surface area contributed by atoms with Crippen molar-refractivity contribution in [2.45, 2.75) is 23.2 Å². The normalized spacial score (nSPS) is 14.4. The molecule has 0 N–H and O–H groups in total. The Morgan fingerprint density at radius 2 is 1.24 bits per heavy atom. The van der Waals surface area contributed by atoms with Gasteiger partial charge in [-0.1, -0.05) is 129 Å². The molecule has 0 bridgehead atoms. The average Bonchev–Trinajstić information content (AvgIpc) is 2.36. The standard InChI is InChI=1S/C12H8Cl9/c1-2-7-5-3-4-6-8(7)9(13,14)10(15,16)11(17,18)12(19,20)21/h3-6H,1-2H2. The summed E-state index contributed by atoms with van der Waals surface area (Å²) in [6.07, 6.45) is 0.382. The molecule has 0 nitrogen and oxygen atoms in total. The first kappa shape index (κ1) is 20.9. The highest BCUT2D eigenvalue weighted by Gasteiger charge is 2.68. The zero-order valence-corrected chi connectivity index (χ0v) is 16.9. The maximum Gasteiger partial charge on any atom is 0.226 e. The van der Waals surface area contributed by atoms with Crippen LogP contribution in [0.25, 0.3) is 0 Å². The van der Waals surface area contributed by atoms with Gasteiger partial charge in [0.1, 0.15) is 0 Å². The maximum atomic E-state index is 6.36. The fourth-order valence-electron chi connectivity index (χ4n) is 1.59. The van der Waals surface area contributed by atoms with Gasteiger partial charge in [0, 0.05) is 0 Å². The number of hydrogen-bond donors (Lipinski definition) is 0. The zero-order valence-electron chi connectivity index (χ0n) is 10.1. The minimum absolute atomic E-state index is 0.369. The van der Waals surface area contributed by atoms with Crippen molar-refractivity contribution in [1.29, 1.82) is 0 Å². The molecule has 0 saturated carbocycles. The SMILES string of the molecule is [CH2]Cc1ccccc1C(Cl)(Cl)C(Cl)(Cl)C(Cl)(Cl)C(Cl)(Cl)Cl. The molecule has 0 unspecified atom stereocenters. The molecule has 9 heteroatoms. The highest BCUT2D eigenvalue weighted by atomic mass is 35.6. The van der Waals surface area contributed by atoms with Gasteiger partial charge in [-0.3, -0.25) is 0 Å². The summed E-state index contributed by atoms with van der Waals surface area (Å²) < 4.78 is -8.75. The van der Waals surface area contributed by atoms with E-state index in [1.807, 2.05) is 0 Å². The highest BCUT2D eigenvalue weighted by molar-refractivity contribution is 6.80. The lowest BCUT2D eigenvalue weighted by Gasteiger charge is -2.44. The molecule has 0 atom stereocenters. The molecule has 0 aliphatic heterocycles. The molecular formula is C12H8Cl9. The summed E-state index contributed by atoms with van der Waals surface area (Å²) in [5.41, 5.74) is 1.06. The first-order valence-electron chi connectivity index (χ1n) is 5.38. The highest BCUT2D eigenvalue weighted by Crippen LogP contribution is 2.65. The van der Waals surface area contributed by atoms with Crippen molar-refractivity contribution in [3.8, 4) is 0 Å². The van der Waals surface area contributed by atoms with E-state index in [4.69, 9.17) is 104 Å². The molecule has 1 aromatic carbocycles. The lowest BCUT2D eigenvalue weighted by atomic mass is 9.98. The van der Waals surface area contributed by atoms with Crippen molar-refractivity contribution in [2.24, 2.45) is 0 Å². The van der Waals surface area contributed by atoms with Crippen molar-refractivity contribution in [3.05, 3.63) is 42.3 Å². The van der Waals surface area contributed by atoms with Gasteiger partial charge in [-0.05, 0) is 24.5 Å². The Hall–Kier alpha value is 1.83. The summed E-state index contributed by atoms with van der Waals surface area (Å²) in [4.78, 5) is 0. The zero-order chi connectivity index (χ0) is 16.7. The van der Waals surface area contributed by atoms with Gasteiger partial charge in [0.25, 0.3) is 0 Å². The van der Waals surface area contributed by atoms with Crippen molar-refractivity contribution in [3.63, 3.8) is 0 Å². The number of halogens is 9. The van der Waals surface area contributed by atoms with Crippen LogP contribution in [0.1, 0.15) is 11.1 Å². The summed E-state index contributed by atoms with van der Waals surface area (Å²) in [5.74, 6) is 0. The van der Waals surface area contributed by atoms with Crippen LogP contribution < -0.4 is 0 Å². The van der Waals surface area contributed by atoms with Crippen LogP contribution in [0, 0.1) is 6.92 Å². The monoisotopic (exact) mass is 467 g/mol. The molecule has 0 heterocycles. The lowest BCUT2D eigenvalue weighted by Crippen LogP contribution is -2.55. The van der Waals surface area contributed by atoms with Crippen molar-refractivity contribution in [1.82, 2.24) is 0 Å². The Bertz CT molecular complexity index is 502. The van der Waals surface area contributed by atoms with Gasteiger partial charge in [0.2, 0.25) is 8.13 Å². The van der Waals surface area contributed by atoms with Crippen LogP contribution in [0.5, 0.6) is 0 Å². The van der Waals surface area contributed by atoms with E-state index in [1.165, 1.54) is 0 Å². The Morgan fingerprint density at radius 3 is 1.67 bits per heavy atom. The molecular weight excluding hydrogens is 463 g/mol. The molecule has 0 saturated heterocycles. The van der Waals surface area contributed by atoms with Crippen molar-refractivity contribution >= 4 is 104 Å². The summed E-state index contributed by atoms with van der Waals surface area (Å²) >= 11 is 54.5. The number of rotatable bonds is 4. The quantitative estimate of drug-likeness (QED) is 0.401. The molecule has 119 valence electrons. The van der Waals surface area contributed by atoms with Gasteiger partial charge < -0.3 is 0 Å².